The summed E-state index contributed by atoms with van der Waals surface area (Å²) in [5.74, 6) is -1.26. The van der Waals surface area contributed by atoms with Crippen molar-refractivity contribution in [3.8, 4) is 22.3 Å². The molecule has 3 aliphatic carbocycles. The lowest BCUT2D eigenvalue weighted by molar-refractivity contribution is -0.208. The summed E-state index contributed by atoms with van der Waals surface area (Å²) in [6.45, 7) is 1.01. The van der Waals surface area contributed by atoms with Crippen molar-refractivity contribution >= 4 is 22.8 Å². The zero-order chi connectivity index (χ0) is 28.9. The maximum atomic E-state index is 13.8. The molecule has 1 aromatic heterocycles. The topological polar surface area (TPSA) is 84.2 Å². The summed E-state index contributed by atoms with van der Waals surface area (Å²) in [6, 6.07) is 28.6. The normalized spacial score (nSPS) is 20.5. The third-order valence-corrected chi connectivity index (χ3v) is 8.95. The van der Waals surface area contributed by atoms with Gasteiger partial charge in [0.1, 0.15) is 5.82 Å². The van der Waals surface area contributed by atoms with E-state index in [1.54, 1.807) is 18.3 Å². The highest BCUT2D eigenvalue weighted by Gasteiger charge is 2.67. The molecule has 2 N–H and O–H groups in total. The van der Waals surface area contributed by atoms with E-state index in [1.807, 2.05) is 35.0 Å². The monoisotopic (exact) mass is 559 g/mol. The minimum atomic E-state index is -0.754. The molecule has 3 fully saturated rings. The molecule has 1 heterocycles. The molecule has 0 aliphatic heterocycles. The summed E-state index contributed by atoms with van der Waals surface area (Å²) in [6.07, 6.45) is 4.50. The van der Waals surface area contributed by atoms with Crippen molar-refractivity contribution in [2.45, 2.75) is 32.2 Å². The molecule has 8 rings (SSSR count). The lowest BCUT2D eigenvalue weighted by atomic mass is 9.34. The van der Waals surface area contributed by atoms with Crippen LogP contribution in [-0.2, 0) is 11.3 Å². The van der Waals surface area contributed by atoms with Gasteiger partial charge in [-0.3, -0.25) is 14.3 Å². The molecule has 6 nitrogen and oxygen atoms in total. The first-order valence-electron chi connectivity index (χ1n) is 14.2. The molecule has 7 heteroatoms. The standard InChI is InChI=1S/C35H30FN3O3/c36-29-12-10-26(11-13-29)27-14-28-17-38-39(18-23-6-8-25(9-7-23)24-4-2-1-3-5-24)32(28)30(15-27)33(42)37-22-35-19-34(20-35,21-35)16-31(40)41/h1-15,17H,16,18-22H2,(H,37,42)(H,40,41). The number of amides is 1. The van der Waals surface area contributed by atoms with Gasteiger partial charge in [-0.05, 0) is 82.2 Å². The zero-order valence-corrected chi connectivity index (χ0v) is 23.0. The van der Waals surface area contributed by atoms with Crippen molar-refractivity contribution in [1.82, 2.24) is 15.1 Å². The fraction of sp³-hybridized carbons (Fsp3) is 0.229. The highest BCUT2D eigenvalue weighted by atomic mass is 19.1. The number of halogens is 1. The quantitative estimate of drug-likeness (QED) is 0.205. The molecule has 210 valence electrons. The summed E-state index contributed by atoms with van der Waals surface area (Å²) in [5.41, 5.74) is 6.14. The number of nitrogens with zero attached hydrogens (tertiary/aromatic N) is 2. The molecule has 0 atom stereocenters. The lowest BCUT2D eigenvalue weighted by Gasteiger charge is -2.70. The molecular weight excluding hydrogens is 529 g/mol. The van der Waals surface area contributed by atoms with E-state index in [1.165, 1.54) is 12.1 Å². The van der Waals surface area contributed by atoms with E-state index >= 15 is 0 Å². The average Bonchev–Trinajstić information content (AvgIpc) is 3.36. The summed E-state index contributed by atoms with van der Waals surface area (Å²) < 4.78 is 15.5. The van der Waals surface area contributed by atoms with Gasteiger partial charge < -0.3 is 10.4 Å². The van der Waals surface area contributed by atoms with Gasteiger partial charge in [0.15, 0.2) is 0 Å². The highest BCUT2D eigenvalue weighted by Crippen LogP contribution is 2.74. The Labute approximate surface area is 242 Å². The van der Waals surface area contributed by atoms with Crippen LogP contribution in [-0.4, -0.2) is 33.3 Å². The number of nitrogens with one attached hydrogen (secondary N) is 1. The Bertz CT molecular complexity index is 1790. The predicted molar refractivity (Wildman–Crippen MR) is 159 cm³/mol. The Balaban J connectivity index is 1.18. The number of aromatic nitrogens is 2. The van der Waals surface area contributed by atoms with Crippen LogP contribution in [0.5, 0.6) is 0 Å². The summed E-state index contributed by atoms with van der Waals surface area (Å²) in [4.78, 5) is 25.0. The van der Waals surface area contributed by atoms with Crippen molar-refractivity contribution < 1.29 is 19.1 Å². The minimum absolute atomic E-state index is 0.000460. The Morgan fingerprint density at radius 1 is 0.833 bits per heavy atom. The number of carbonyl (C=O) groups is 2. The van der Waals surface area contributed by atoms with Crippen LogP contribution in [0, 0.1) is 16.6 Å². The van der Waals surface area contributed by atoms with Crippen LogP contribution < -0.4 is 5.32 Å². The first-order chi connectivity index (χ1) is 20.3. The van der Waals surface area contributed by atoms with Gasteiger partial charge in [0.05, 0.1) is 30.2 Å². The molecule has 3 saturated carbocycles. The molecule has 0 saturated heterocycles. The second kappa shape index (κ2) is 9.94. The van der Waals surface area contributed by atoms with E-state index < -0.39 is 5.97 Å². The van der Waals surface area contributed by atoms with Gasteiger partial charge in [-0.25, -0.2) is 4.39 Å². The van der Waals surface area contributed by atoms with Gasteiger partial charge in [-0.2, -0.15) is 5.10 Å². The molecule has 42 heavy (non-hydrogen) atoms. The van der Waals surface area contributed by atoms with E-state index in [9.17, 15) is 19.1 Å². The van der Waals surface area contributed by atoms with Crippen molar-refractivity contribution in [3.63, 3.8) is 0 Å². The minimum Gasteiger partial charge on any atom is -0.481 e. The molecule has 0 unspecified atom stereocenters. The van der Waals surface area contributed by atoms with Crippen LogP contribution in [0.3, 0.4) is 0 Å². The lowest BCUT2D eigenvalue weighted by Crippen LogP contribution is -2.66. The number of hydrogen-bond donors (Lipinski definition) is 2. The number of rotatable bonds is 9. The largest absolute Gasteiger partial charge is 0.481 e. The number of hydrogen-bond acceptors (Lipinski definition) is 3. The third-order valence-electron chi connectivity index (χ3n) is 8.95. The molecular formula is C35H30FN3O3. The van der Waals surface area contributed by atoms with Gasteiger partial charge in [-0.1, -0.05) is 66.7 Å². The summed E-state index contributed by atoms with van der Waals surface area (Å²) in [7, 11) is 0. The van der Waals surface area contributed by atoms with Crippen molar-refractivity contribution in [2.24, 2.45) is 10.8 Å². The van der Waals surface area contributed by atoms with E-state index in [-0.39, 0.29) is 29.0 Å². The smallest absolute Gasteiger partial charge is 0.303 e. The maximum Gasteiger partial charge on any atom is 0.303 e. The SMILES string of the molecule is O=C(O)CC12CC(CNC(=O)c3cc(-c4ccc(F)cc4)cc4cnn(Cc5ccc(-c6ccccc6)cc5)c34)(C1)C2. The number of carboxylic acid groups (broad SMARTS) is 1. The zero-order valence-electron chi connectivity index (χ0n) is 23.0. The second-order valence-electron chi connectivity index (χ2n) is 12.1. The number of benzene rings is 4. The Kier molecular flexibility index (Phi) is 6.19. The van der Waals surface area contributed by atoms with Gasteiger partial charge in [0, 0.05) is 11.9 Å². The van der Waals surface area contributed by atoms with Crippen LogP contribution in [0.4, 0.5) is 4.39 Å². The van der Waals surface area contributed by atoms with E-state index in [4.69, 9.17) is 0 Å². The van der Waals surface area contributed by atoms with Gasteiger partial charge in [0.2, 0.25) is 0 Å². The molecule has 0 radical (unpaired) electrons. The van der Waals surface area contributed by atoms with Crippen molar-refractivity contribution in [3.05, 3.63) is 114 Å². The third kappa shape index (κ3) is 4.75. The van der Waals surface area contributed by atoms with Crippen LogP contribution in [0.2, 0.25) is 0 Å². The van der Waals surface area contributed by atoms with E-state index in [0.29, 0.717) is 18.7 Å². The average molecular weight is 560 g/mol. The van der Waals surface area contributed by atoms with E-state index in [0.717, 1.165) is 58.0 Å². The number of carbonyl (C=O) groups excluding carboxylic acids is 1. The molecule has 3 aliphatic rings. The van der Waals surface area contributed by atoms with Crippen molar-refractivity contribution in [2.75, 3.05) is 6.54 Å². The second-order valence-corrected chi connectivity index (χ2v) is 12.1. The first kappa shape index (κ1) is 26.1. The highest BCUT2D eigenvalue weighted by molar-refractivity contribution is 6.07. The van der Waals surface area contributed by atoms with Gasteiger partial charge in [-0.15, -0.1) is 0 Å². The Hall–Kier alpha value is -4.78. The maximum absolute atomic E-state index is 13.8. The Morgan fingerprint density at radius 3 is 2.17 bits per heavy atom. The summed E-state index contributed by atoms with van der Waals surface area (Å²) in [5, 5.41) is 17.8. The fourth-order valence-corrected chi connectivity index (χ4v) is 7.23. The first-order valence-corrected chi connectivity index (χ1v) is 14.2. The number of fused-ring (bicyclic) bond motifs is 1. The van der Waals surface area contributed by atoms with Crippen LogP contribution in [0.15, 0.2) is 97.2 Å². The molecule has 2 bridgehead atoms. The Morgan fingerprint density at radius 2 is 1.48 bits per heavy atom. The van der Waals surface area contributed by atoms with Crippen molar-refractivity contribution in [1.29, 1.82) is 0 Å². The summed E-state index contributed by atoms with van der Waals surface area (Å²) >= 11 is 0. The fourth-order valence-electron chi connectivity index (χ4n) is 7.23. The molecule has 0 spiro atoms. The van der Waals surface area contributed by atoms with Crippen LogP contribution in [0.25, 0.3) is 33.2 Å². The molecule has 1 amide bonds. The van der Waals surface area contributed by atoms with Gasteiger partial charge in [0.25, 0.3) is 5.91 Å². The molecule has 4 aromatic carbocycles. The number of carboxylic acids is 1. The molecule has 5 aromatic rings. The van der Waals surface area contributed by atoms with E-state index in [2.05, 4.69) is 46.8 Å². The van der Waals surface area contributed by atoms with Crippen LogP contribution in [0.1, 0.15) is 41.6 Å². The predicted octanol–water partition coefficient (Wildman–Crippen LogP) is 6.93. The van der Waals surface area contributed by atoms with Crippen LogP contribution >= 0.6 is 0 Å². The van der Waals surface area contributed by atoms with Gasteiger partial charge >= 0.3 is 5.97 Å². The number of aliphatic carboxylic acids is 1.